The van der Waals surface area contributed by atoms with E-state index in [1.165, 1.54) is 0 Å². The van der Waals surface area contributed by atoms with Crippen molar-refractivity contribution in [1.29, 1.82) is 0 Å². The van der Waals surface area contributed by atoms with Crippen molar-refractivity contribution in [1.82, 2.24) is 16.0 Å². The molecule has 0 aliphatic rings. The second kappa shape index (κ2) is 14.3. The number of carboxylic acid groups (broad SMARTS) is 2. The minimum absolute atomic E-state index is 0.124. The van der Waals surface area contributed by atoms with Gasteiger partial charge in [0.15, 0.2) is 0 Å². The Bertz CT molecular complexity index is 925. The van der Waals surface area contributed by atoms with Crippen LogP contribution in [0.25, 0.3) is 0 Å². The van der Waals surface area contributed by atoms with Crippen LogP contribution in [0.15, 0.2) is 30.3 Å². The van der Waals surface area contributed by atoms with E-state index >= 15 is 0 Å². The summed E-state index contributed by atoms with van der Waals surface area (Å²) in [5, 5.41) is 33.4. The number of carbonyl (C=O) groups is 6. The standard InChI is InChI=1S/C21H29N5O9/c22-12(8-11-4-2-1-3-5-11)18(31)25-14(9-16(23)28)20(33)24-13(6-7-17(29)30)19(32)26-15(10-27)21(34)35/h1-5,12-15,27H,6-10,22H2,(H2,23,28)(H,24,33)(H,25,31)(H,26,32)(H,29,30)(H,34,35). The summed E-state index contributed by atoms with van der Waals surface area (Å²) in [6.45, 7) is -0.958. The largest absolute Gasteiger partial charge is 0.481 e. The molecular weight excluding hydrogens is 466 g/mol. The number of amides is 4. The maximum absolute atomic E-state index is 12.8. The van der Waals surface area contributed by atoms with E-state index in [2.05, 4.69) is 10.6 Å². The number of nitrogens with two attached hydrogens (primary N) is 2. The lowest BCUT2D eigenvalue weighted by Gasteiger charge is -2.24. The van der Waals surface area contributed by atoms with Gasteiger partial charge < -0.3 is 42.7 Å². The van der Waals surface area contributed by atoms with Gasteiger partial charge in [0.05, 0.1) is 19.1 Å². The number of aliphatic carboxylic acids is 2. The first kappa shape index (κ1) is 29.0. The molecular formula is C21H29N5O9. The highest BCUT2D eigenvalue weighted by molar-refractivity contribution is 5.96. The molecule has 0 spiro atoms. The molecule has 14 nitrogen and oxygen atoms in total. The summed E-state index contributed by atoms with van der Waals surface area (Å²) in [5.74, 6) is -6.75. The Labute approximate surface area is 200 Å². The lowest BCUT2D eigenvalue weighted by atomic mass is 10.0. The second-order valence-electron chi connectivity index (χ2n) is 7.60. The van der Waals surface area contributed by atoms with E-state index in [1.807, 2.05) is 5.32 Å². The number of rotatable bonds is 15. The monoisotopic (exact) mass is 495 g/mol. The van der Waals surface area contributed by atoms with Crippen molar-refractivity contribution in [3.8, 4) is 0 Å². The molecule has 0 aromatic heterocycles. The molecule has 0 saturated heterocycles. The van der Waals surface area contributed by atoms with Crippen molar-refractivity contribution in [2.45, 2.75) is 49.9 Å². The Morgan fingerprint density at radius 1 is 0.829 bits per heavy atom. The van der Waals surface area contributed by atoms with E-state index in [4.69, 9.17) is 26.8 Å². The summed E-state index contributed by atoms with van der Waals surface area (Å²) in [5.41, 5.74) is 11.8. The summed E-state index contributed by atoms with van der Waals surface area (Å²) in [7, 11) is 0. The van der Waals surface area contributed by atoms with Gasteiger partial charge in [-0.05, 0) is 18.4 Å². The third kappa shape index (κ3) is 10.6. The topological polar surface area (TPSA) is 251 Å². The molecule has 0 aliphatic carbocycles. The van der Waals surface area contributed by atoms with Crippen LogP contribution in [0.1, 0.15) is 24.8 Å². The van der Waals surface area contributed by atoms with Gasteiger partial charge in [-0.15, -0.1) is 0 Å². The van der Waals surface area contributed by atoms with Crippen molar-refractivity contribution in [2.24, 2.45) is 11.5 Å². The molecule has 0 heterocycles. The van der Waals surface area contributed by atoms with E-state index in [0.29, 0.717) is 0 Å². The highest BCUT2D eigenvalue weighted by Crippen LogP contribution is 2.05. The van der Waals surface area contributed by atoms with Gasteiger partial charge in [-0.25, -0.2) is 4.79 Å². The second-order valence-corrected chi connectivity index (χ2v) is 7.60. The van der Waals surface area contributed by atoms with Gasteiger partial charge >= 0.3 is 11.9 Å². The minimum Gasteiger partial charge on any atom is -0.481 e. The predicted octanol–water partition coefficient (Wildman–Crippen LogP) is -3.17. The normalized spacial score (nSPS) is 14.0. The summed E-state index contributed by atoms with van der Waals surface area (Å²) in [6.07, 6.45) is -1.56. The Balaban J connectivity index is 2.96. The third-order valence-corrected chi connectivity index (χ3v) is 4.75. The zero-order chi connectivity index (χ0) is 26.5. The highest BCUT2D eigenvalue weighted by atomic mass is 16.4. The number of hydrogen-bond acceptors (Lipinski definition) is 8. The number of aliphatic hydroxyl groups excluding tert-OH is 1. The van der Waals surface area contributed by atoms with E-state index in [-0.39, 0.29) is 6.42 Å². The lowest BCUT2D eigenvalue weighted by Crippen LogP contribution is -2.58. The van der Waals surface area contributed by atoms with E-state index in [9.17, 15) is 28.8 Å². The Morgan fingerprint density at radius 3 is 1.89 bits per heavy atom. The summed E-state index contributed by atoms with van der Waals surface area (Å²) >= 11 is 0. The van der Waals surface area contributed by atoms with Crippen LogP contribution in [0.2, 0.25) is 0 Å². The Morgan fingerprint density at radius 2 is 1.37 bits per heavy atom. The first-order valence-electron chi connectivity index (χ1n) is 10.5. The van der Waals surface area contributed by atoms with Crippen LogP contribution in [0.5, 0.6) is 0 Å². The van der Waals surface area contributed by atoms with E-state index in [0.717, 1.165) is 5.56 Å². The SMILES string of the molecule is NC(=O)CC(NC(=O)C(N)Cc1ccccc1)C(=O)NC(CCC(=O)O)C(=O)NC(CO)C(=O)O. The van der Waals surface area contributed by atoms with Gasteiger partial charge in [0.25, 0.3) is 0 Å². The highest BCUT2D eigenvalue weighted by Gasteiger charge is 2.31. The molecule has 1 aromatic rings. The lowest BCUT2D eigenvalue weighted by molar-refractivity contribution is -0.144. The maximum Gasteiger partial charge on any atom is 0.328 e. The van der Waals surface area contributed by atoms with Crippen molar-refractivity contribution in [3.05, 3.63) is 35.9 Å². The van der Waals surface area contributed by atoms with Crippen LogP contribution in [0.4, 0.5) is 0 Å². The fourth-order valence-corrected chi connectivity index (χ4v) is 2.92. The number of benzene rings is 1. The molecule has 35 heavy (non-hydrogen) atoms. The molecule has 4 atom stereocenters. The molecule has 0 bridgehead atoms. The number of carboxylic acids is 2. The van der Waals surface area contributed by atoms with Crippen molar-refractivity contribution < 1.29 is 44.1 Å². The fraction of sp³-hybridized carbons (Fsp3) is 0.429. The molecule has 4 unspecified atom stereocenters. The summed E-state index contributed by atoms with van der Waals surface area (Å²) in [4.78, 5) is 71.2. The molecule has 0 saturated carbocycles. The quantitative estimate of drug-likeness (QED) is 0.121. The molecule has 1 aromatic carbocycles. The number of nitrogens with one attached hydrogen (secondary N) is 3. The van der Waals surface area contributed by atoms with Gasteiger partial charge in [0.1, 0.15) is 18.1 Å². The van der Waals surface area contributed by atoms with Crippen LogP contribution < -0.4 is 27.4 Å². The van der Waals surface area contributed by atoms with E-state index in [1.54, 1.807) is 30.3 Å². The van der Waals surface area contributed by atoms with Crippen LogP contribution in [0.3, 0.4) is 0 Å². The molecule has 1 rings (SSSR count). The number of carbonyl (C=O) groups excluding carboxylic acids is 4. The van der Waals surface area contributed by atoms with Crippen LogP contribution in [0, 0.1) is 0 Å². The molecule has 0 radical (unpaired) electrons. The average molecular weight is 495 g/mol. The number of aliphatic hydroxyl groups is 1. The third-order valence-electron chi connectivity index (χ3n) is 4.75. The molecule has 10 N–H and O–H groups in total. The van der Waals surface area contributed by atoms with Gasteiger partial charge in [0, 0.05) is 6.42 Å². The Kier molecular flexibility index (Phi) is 11.8. The first-order valence-corrected chi connectivity index (χ1v) is 10.5. The summed E-state index contributed by atoms with van der Waals surface area (Å²) < 4.78 is 0. The van der Waals surface area contributed by atoms with E-state index < -0.39 is 85.6 Å². The fourth-order valence-electron chi connectivity index (χ4n) is 2.92. The average Bonchev–Trinajstić information content (AvgIpc) is 2.79. The van der Waals surface area contributed by atoms with Gasteiger partial charge in [-0.3, -0.25) is 24.0 Å². The van der Waals surface area contributed by atoms with Crippen molar-refractivity contribution in [2.75, 3.05) is 6.61 Å². The molecule has 4 amide bonds. The van der Waals surface area contributed by atoms with Gasteiger partial charge in [-0.1, -0.05) is 30.3 Å². The summed E-state index contributed by atoms with van der Waals surface area (Å²) in [6, 6.07) is 2.85. The molecule has 14 heteroatoms. The zero-order valence-corrected chi connectivity index (χ0v) is 18.7. The van der Waals surface area contributed by atoms with Crippen LogP contribution in [-0.2, 0) is 35.2 Å². The van der Waals surface area contributed by atoms with Crippen molar-refractivity contribution in [3.63, 3.8) is 0 Å². The first-order chi connectivity index (χ1) is 16.4. The van der Waals surface area contributed by atoms with Crippen molar-refractivity contribution >= 4 is 35.6 Å². The minimum atomic E-state index is -1.70. The molecule has 192 valence electrons. The molecule has 0 fully saturated rings. The maximum atomic E-state index is 12.8. The zero-order valence-electron chi connectivity index (χ0n) is 18.7. The van der Waals surface area contributed by atoms with Crippen LogP contribution >= 0.6 is 0 Å². The number of primary amides is 1. The van der Waals surface area contributed by atoms with Gasteiger partial charge in [-0.2, -0.15) is 0 Å². The van der Waals surface area contributed by atoms with Crippen LogP contribution in [-0.4, -0.2) is 81.7 Å². The van der Waals surface area contributed by atoms with Gasteiger partial charge in [0.2, 0.25) is 23.6 Å². The number of hydrogen-bond donors (Lipinski definition) is 8. The Hall–Kier alpha value is -4.04. The molecule has 0 aliphatic heterocycles. The predicted molar refractivity (Wildman–Crippen MR) is 119 cm³/mol. The smallest absolute Gasteiger partial charge is 0.328 e.